The standard InChI is InChI=1S/C17H20N2O5S/c1-24-11-17(16(22)23)6-7-18(10-17)14(20)8-19-12-4-2-3-5-13(12)25-9-15(19)21/h2-5H,6-11H2,1H3,(H,22,23). The minimum absolute atomic E-state index is 0.0637. The summed E-state index contributed by atoms with van der Waals surface area (Å²) in [5, 5.41) is 9.50. The normalized spacial score (nSPS) is 22.8. The predicted molar refractivity (Wildman–Crippen MR) is 92.7 cm³/mol. The van der Waals surface area contributed by atoms with E-state index in [1.807, 2.05) is 24.3 Å². The van der Waals surface area contributed by atoms with E-state index in [4.69, 9.17) is 4.74 Å². The molecule has 1 atom stereocenters. The van der Waals surface area contributed by atoms with E-state index in [2.05, 4.69) is 0 Å². The lowest BCUT2D eigenvalue weighted by molar-refractivity contribution is -0.151. The van der Waals surface area contributed by atoms with Crippen LogP contribution in [0.15, 0.2) is 29.2 Å². The Morgan fingerprint density at radius 1 is 1.36 bits per heavy atom. The van der Waals surface area contributed by atoms with E-state index in [9.17, 15) is 19.5 Å². The van der Waals surface area contributed by atoms with Crippen molar-refractivity contribution in [3.63, 3.8) is 0 Å². The van der Waals surface area contributed by atoms with Crippen LogP contribution in [0.5, 0.6) is 0 Å². The van der Waals surface area contributed by atoms with Gasteiger partial charge < -0.3 is 19.6 Å². The van der Waals surface area contributed by atoms with Gasteiger partial charge in [0, 0.05) is 25.1 Å². The number of carbonyl (C=O) groups is 3. The van der Waals surface area contributed by atoms with Gasteiger partial charge in [-0.2, -0.15) is 0 Å². The summed E-state index contributed by atoms with van der Waals surface area (Å²) in [6.07, 6.45) is 0.350. The van der Waals surface area contributed by atoms with Gasteiger partial charge in [-0.3, -0.25) is 14.4 Å². The van der Waals surface area contributed by atoms with Gasteiger partial charge >= 0.3 is 5.97 Å². The minimum atomic E-state index is -1.07. The van der Waals surface area contributed by atoms with Crippen molar-refractivity contribution >= 4 is 35.2 Å². The number of carboxylic acid groups (broad SMARTS) is 1. The van der Waals surface area contributed by atoms with E-state index in [0.717, 1.165) is 10.6 Å². The molecule has 3 rings (SSSR count). The third kappa shape index (κ3) is 3.36. The van der Waals surface area contributed by atoms with Crippen LogP contribution in [0, 0.1) is 5.41 Å². The van der Waals surface area contributed by atoms with Crippen LogP contribution >= 0.6 is 11.8 Å². The Labute approximate surface area is 149 Å². The molecule has 2 heterocycles. The van der Waals surface area contributed by atoms with Crippen molar-refractivity contribution in [2.24, 2.45) is 5.41 Å². The molecule has 0 radical (unpaired) electrons. The lowest BCUT2D eigenvalue weighted by atomic mass is 9.88. The van der Waals surface area contributed by atoms with Gasteiger partial charge in [0.25, 0.3) is 0 Å². The fraction of sp³-hybridized carbons (Fsp3) is 0.471. The summed E-state index contributed by atoms with van der Waals surface area (Å²) in [5.41, 5.74) is -0.331. The molecule has 1 aromatic carbocycles. The van der Waals surface area contributed by atoms with Crippen molar-refractivity contribution < 1.29 is 24.2 Å². The monoisotopic (exact) mass is 364 g/mol. The Hall–Kier alpha value is -2.06. The summed E-state index contributed by atoms with van der Waals surface area (Å²) in [7, 11) is 1.45. The molecule has 0 spiro atoms. The van der Waals surface area contributed by atoms with Crippen LogP contribution < -0.4 is 4.90 Å². The molecule has 1 fully saturated rings. The number of hydrogen-bond acceptors (Lipinski definition) is 5. The number of methoxy groups -OCH3 is 1. The molecule has 1 aromatic rings. The molecule has 1 saturated heterocycles. The number of aliphatic carboxylic acids is 1. The van der Waals surface area contributed by atoms with Crippen LogP contribution in [-0.2, 0) is 19.1 Å². The van der Waals surface area contributed by atoms with Gasteiger partial charge in [-0.15, -0.1) is 11.8 Å². The summed E-state index contributed by atoms with van der Waals surface area (Å²) in [6.45, 7) is 0.452. The minimum Gasteiger partial charge on any atom is -0.481 e. The molecule has 0 saturated carbocycles. The molecule has 8 heteroatoms. The smallest absolute Gasteiger partial charge is 0.313 e. The van der Waals surface area contributed by atoms with Crippen molar-refractivity contribution in [1.82, 2.24) is 4.90 Å². The number of thioether (sulfide) groups is 1. The maximum absolute atomic E-state index is 12.7. The number of likely N-dealkylation sites (tertiary alicyclic amines) is 1. The van der Waals surface area contributed by atoms with Gasteiger partial charge in [-0.25, -0.2) is 0 Å². The fourth-order valence-electron chi connectivity index (χ4n) is 3.28. The highest BCUT2D eigenvalue weighted by Crippen LogP contribution is 2.35. The van der Waals surface area contributed by atoms with Crippen molar-refractivity contribution in [2.45, 2.75) is 11.3 Å². The zero-order valence-electron chi connectivity index (χ0n) is 13.9. The maximum atomic E-state index is 12.7. The second-order valence-corrected chi connectivity index (χ2v) is 7.34. The van der Waals surface area contributed by atoms with Crippen molar-refractivity contribution in [3.05, 3.63) is 24.3 Å². The Morgan fingerprint density at radius 2 is 2.12 bits per heavy atom. The van der Waals surface area contributed by atoms with E-state index >= 15 is 0 Å². The average Bonchev–Trinajstić information content (AvgIpc) is 3.03. The first-order valence-electron chi connectivity index (χ1n) is 7.99. The highest BCUT2D eigenvalue weighted by atomic mass is 32.2. The number of rotatable bonds is 5. The molecule has 1 N–H and O–H groups in total. The van der Waals surface area contributed by atoms with E-state index in [1.54, 1.807) is 0 Å². The molecule has 7 nitrogen and oxygen atoms in total. The molecular formula is C17H20N2O5S. The van der Waals surface area contributed by atoms with E-state index < -0.39 is 11.4 Å². The predicted octanol–water partition coefficient (Wildman–Crippen LogP) is 1.07. The summed E-state index contributed by atoms with van der Waals surface area (Å²) in [4.78, 5) is 40.5. The average molecular weight is 364 g/mol. The number of carbonyl (C=O) groups excluding carboxylic acids is 2. The zero-order valence-corrected chi connectivity index (χ0v) is 14.8. The summed E-state index contributed by atoms with van der Waals surface area (Å²) in [6, 6.07) is 7.48. The summed E-state index contributed by atoms with van der Waals surface area (Å²) in [5.74, 6) is -1.01. The first kappa shape index (κ1) is 17.8. The summed E-state index contributed by atoms with van der Waals surface area (Å²) < 4.78 is 5.05. The Morgan fingerprint density at radius 3 is 2.84 bits per heavy atom. The molecule has 0 bridgehead atoms. The Kier molecular flexibility index (Phi) is 5.01. The second kappa shape index (κ2) is 7.05. The van der Waals surface area contributed by atoms with Crippen LogP contribution in [-0.4, -0.2) is 66.9 Å². The van der Waals surface area contributed by atoms with Crippen LogP contribution in [0.4, 0.5) is 5.69 Å². The molecule has 0 aromatic heterocycles. The van der Waals surface area contributed by atoms with E-state index in [1.165, 1.54) is 28.7 Å². The lowest BCUT2D eigenvalue weighted by Crippen LogP contribution is -2.46. The number of benzene rings is 1. The fourth-order valence-corrected chi connectivity index (χ4v) is 4.21. The van der Waals surface area contributed by atoms with Crippen LogP contribution in [0.2, 0.25) is 0 Å². The topological polar surface area (TPSA) is 87.2 Å². The molecule has 25 heavy (non-hydrogen) atoms. The number of fused-ring (bicyclic) bond motifs is 1. The zero-order chi connectivity index (χ0) is 18.0. The van der Waals surface area contributed by atoms with Crippen molar-refractivity contribution in [1.29, 1.82) is 0 Å². The molecule has 0 aliphatic carbocycles. The highest BCUT2D eigenvalue weighted by molar-refractivity contribution is 8.00. The van der Waals surface area contributed by atoms with Crippen molar-refractivity contribution in [3.8, 4) is 0 Å². The third-order valence-corrected chi connectivity index (χ3v) is 5.73. The summed E-state index contributed by atoms with van der Waals surface area (Å²) >= 11 is 1.46. The number of nitrogens with zero attached hydrogens (tertiary/aromatic N) is 2. The van der Waals surface area contributed by atoms with Crippen LogP contribution in [0.25, 0.3) is 0 Å². The number of hydrogen-bond donors (Lipinski definition) is 1. The van der Waals surface area contributed by atoms with Gasteiger partial charge in [0.15, 0.2) is 0 Å². The lowest BCUT2D eigenvalue weighted by Gasteiger charge is -2.30. The van der Waals surface area contributed by atoms with Gasteiger partial charge in [-0.05, 0) is 18.6 Å². The van der Waals surface area contributed by atoms with Gasteiger partial charge in [0.1, 0.15) is 12.0 Å². The molecule has 2 amide bonds. The van der Waals surface area contributed by atoms with Gasteiger partial charge in [0.2, 0.25) is 11.8 Å². The van der Waals surface area contributed by atoms with Crippen LogP contribution in [0.1, 0.15) is 6.42 Å². The Bertz CT molecular complexity index is 710. The molecule has 2 aliphatic heterocycles. The van der Waals surface area contributed by atoms with Crippen LogP contribution in [0.3, 0.4) is 0 Å². The number of carboxylic acids is 1. The van der Waals surface area contributed by atoms with E-state index in [0.29, 0.717) is 18.7 Å². The Balaban J connectivity index is 1.73. The maximum Gasteiger partial charge on any atom is 0.313 e. The number of amides is 2. The molecular weight excluding hydrogens is 344 g/mol. The highest BCUT2D eigenvalue weighted by Gasteiger charge is 2.46. The first-order chi connectivity index (χ1) is 12.0. The van der Waals surface area contributed by atoms with Gasteiger partial charge in [-0.1, -0.05) is 12.1 Å². The van der Waals surface area contributed by atoms with Crippen molar-refractivity contribution in [2.75, 3.05) is 44.0 Å². The largest absolute Gasteiger partial charge is 0.481 e. The molecule has 1 unspecified atom stereocenters. The SMILES string of the molecule is COCC1(C(=O)O)CCN(C(=O)CN2C(=O)CSc3ccccc32)C1. The number of anilines is 1. The third-order valence-electron chi connectivity index (χ3n) is 4.68. The molecule has 134 valence electrons. The quantitative estimate of drug-likeness (QED) is 0.841. The van der Waals surface area contributed by atoms with Gasteiger partial charge in [0.05, 0.1) is 18.0 Å². The molecule has 2 aliphatic rings. The number of para-hydroxylation sites is 1. The van der Waals surface area contributed by atoms with E-state index in [-0.39, 0.29) is 31.5 Å². The first-order valence-corrected chi connectivity index (χ1v) is 8.98. The number of ether oxygens (including phenoxy) is 1. The second-order valence-electron chi connectivity index (χ2n) is 6.32.